The van der Waals surface area contributed by atoms with E-state index >= 15 is 0 Å². The van der Waals surface area contributed by atoms with E-state index in [-0.39, 0.29) is 35.7 Å². The fraction of sp³-hybridized carbons (Fsp3) is 0.417. The van der Waals surface area contributed by atoms with Crippen LogP contribution in [0, 0.1) is 16.0 Å². The summed E-state index contributed by atoms with van der Waals surface area (Å²) in [6.07, 6.45) is 2.81. The molecule has 0 spiro atoms. The van der Waals surface area contributed by atoms with Crippen LogP contribution in [0.5, 0.6) is 11.5 Å². The molecule has 10 nitrogen and oxygen atoms in total. The lowest BCUT2D eigenvalue weighted by atomic mass is 9.86. The third-order valence-corrected chi connectivity index (χ3v) is 5.98. The van der Waals surface area contributed by atoms with Crippen LogP contribution in [0.4, 0.5) is 11.4 Å². The number of hydrogen-bond acceptors (Lipinski definition) is 8. The van der Waals surface area contributed by atoms with Gasteiger partial charge in [-0.3, -0.25) is 19.7 Å². The number of ether oxygens (including phenoxy) is 3. The largest absolute Gasteiger partial charge is 0.493 e. The Morgan fingerprint density at radius 1 is 1.00 bits per heavy atom. The number of nitro benzene ring substituents is 1. The van der Waals surface area contributed by atoms with Crippen molar-refractivity contribution in [1.29, 1.82) is 0 Å². The maximum Gasteiger partial charge on any atom is 0.308 e. The zero-order valence-corrected chi connectivity index (χ0v) is 19.5. The molecule has 0 aliphatic heterocycles. The van der Waals surface area contributed by atoms with Crippen LogP contribution < -0.4 is 20.1 Å². The number of carbonyl (C=O) groups excluding carboxylic acids is 2. The van der Waals surface area contributed by atoms with Crippen LogP contribution in [0.1, 0.15) is 41.6 Å². The highest BCUT2D eigenvalue weighted by Crippen LogP contribution is 2.30. The lowest BCUT2D eigenvalue weighted by Crippen LogP contribution is -2.31. The second-order valence-corrected chi connectivity index (χ2v) is 8.08. The Morgan fingerprint density at radius 3 is 2.32 bits per heavy atom. The fourth-order valence-corrected chi connectivity index (χ4v) is 4.09. The van der Waals surface area contributed by atoms with Crippen LogP contribution in [0.2, 0.25) is 0 Å². The molecule has 182 valence electrons. The fourth-order valence-electron chi connectivity index (χ4n) is 4.09. The molecule has 3 rings (SSSR count). The first-order chi connectivity index (χ1) is 16.4. The summed E-state index contributed by atoms with van der Waals surface area (Å²) >= 11 is 0. The summed E-state index contributed by atoms with van der Waals surface area (Å²) in [5.41, 5.74) is 1.31. The number of esters is 1. The molecule has 2 aromatic carbocycles. The molecule has 2 aromatic rings. The number of carbonyl (C=O) groups is 2. The van der Waals surface area contributed by atoms with Gasteiger partial charge in [0.15, 0.2) is 11.5 Å². The van der Waals surface area contributed by atoms with Crippen LogP contribution in [0.15, 0.2) is 36.4 Å². The number of nitrogens with one attached hydrogen (secondary N) is 2. The number of rotatable bonds is 9. The van der Waals surface area contributed by atoms with Gasteiger partial charge in [0.05, 0.1) is 37.7 Å². The van der Waals surface area contributed by atoms with E-state index in [9.17, 15) is 19.7 Å². The summed E-state index contributed by atoms with van der Waals surface area (Å²) in [5.74, 6) is 0.344. The number of non-ortho nitro benzene ring substituents is 1. The minimum atomic E-state index is -0.531. The summed E-state index contributed by atoms with van der Waals surface area (Å²) in [4.78, 5) is 35.6. The van der Waals surface area contributed by atoms with Crippen LogP contribution in [-0.4, -0.2) is 44.2 Å². The molecule has 2 N–H and O–H groups in total. The second kappa shape index (κ2) is 11.4. The quantitative estimate of drug-likeness (QED) is 0.322. The summed E-state index contributed by atoms with van der Waals surface area (Å²) < 4.78 is 15.3. The molecule has 0 unspecified atom stereocenters. The molecule has 0 bridgehead atoms. The van der Waals surface area contributed by atoms with E-state index in [0.29, 0.717) is 30.0 Å². The van der Waals surface area contributed by atoms with Gasteiger partial charge in [0, 0.05) is 30.4 Å². The first-order valence-corrected chi connectivity index (χ1v) is 11.0. The topological polar surface area (TPSA) is 129 Å². The highest BCUT2D eigenvalue weighted by Gasteiger charge is 2.28. The minimum Gasteiger partial charge on any atom is -0.493 e. The Hall–Kier alpha value is -3.82. The van der Waals surface area contributed by atoms with Crippen LogP contribution in [0.25, 0.3) is 0 Å². The molecule has 0 aromatic heterocycles. The van der Waals surface area contributed by atoms with Crippen LogP contribution >= 0.6 is 0 Å². The molecule has 1 aliphatic rings. The van der Waals surface area contributed by atoms with Gasteiger partial charge in [-0.25, -0.2) is 0 Å². The van der Waals surface area contributed by atoms with Gasteiger partial charge in [-0.1, -0.05) is 6.07 Å². The van der Waals surface area contributed by atoms with E-state index in [0.717, 1.165) is 18.4 Å². The zero-order chi connectivity index (χ0) is 24.7. The number of amides is 1. The lowest BCUT2D eigenvalue weighted by molar-refractivity contribution is -0.384. The Bertz CT molecular complexity index is 1050. The molecule has 1 aliphatic carbocycles. The van der Waals surface area contributed by atoms with Crippen molar-refractivity contribution in [1.82, 2.24) is 5.32 Å². The molecule has 10 heteroatoms. The van der Waals surface area contributed by atoms with E-state index in [2.05, 4.69) is 10.6 Å². The first kappa shape index (κ1) is 24.8. The number of methoxy groups -OCH3 is 3. The van der Waals surface area contributed by atoms with Crippen molar-refractivity contribution in [3.63, 3.8) is 0 Å². The van der Waals surface area contributed by atoms with E-state index in [1.807, 2.05) is 0 Å². The van der Waals surface area contributed by atoms with Crippen molar-refractivity contribution in [3.05, 3.63) is 57.6 Å². The second-order valence-electron chi connectivity index (χ2n) is 8.08. The normalized spacial score (nSPS) is 17.4. The monoisotopic (exact) mass is 471 g/mol. The maximum atomic E-state index is 13.0. The number of nitrogens with zero attached hydrogens (tertiary/aromatic N) is 1. The van der Waals surface area contributed by atoms with Gasteiger partial charge in [-0.2, -0.15) is 0 Å². The highest BCUT2D eigenvalue weighted by atomic mass is 16.6. The van der Waals surface area contributed by atoms with Gasteiger partial charge in [0.25, 0.3) is 11.6 Å². The Labute approximate surface area is 197 Å². The van der Waals surface area contributed by atoms with Gasteiger partial charge in [0.2, 0.25) is 0 Å². The smallest absolute Gasteiger partial charge is 0.308 e. The van der Waals surface area contributed by atoms with Crippen molar-refractivity contribution < 1.29 is 28.7 Å². The molecule has 0 saturated heterocycles. The van der Waals surface area contributed by atoms with Gasteiger partial charge in [-0.05, 0) is 49.4 Å². The molecule has 0 atom stereocenters. The molecule has 34 heavy (non-hydrogen) atoms. The van der Waals surface area contributed by atoms with Crippen molar-refractivity contribution in [2.45, 2.75) is 38.3 Å². The average molecular weight is 472 g/mol. The van der Waals surface area contributed by atoms with Crippen molar-refractivity contribution in [2.75, 3.05) is 26.6 Å². The molecule has 1 fully saturated rings. The van der Waals surface area contributed by atoms with Gasteiger partial charge in [0.1, 0.15) is 0 Å². The van der Waals surface area contributed by atoms with Crippen molar-refractivity contribution >= 4 is 23.3 Å². The predicted molar refractivity (Wildman–Crippen MR) is 125 cm³/mol. The Kier molecular flexibility index (Phi) is 8.29. The number of anilines is 1. The average Bonchev–Trinajstić information content (AvgIpc) is 2.87. The zero-order valence-electron chi connectivity index (χ0n) is 19.5. The van der Waals surface area contributed by atoms with Crippen LogP contribution in [0.3, 0.4) is 0 Å². The van der Waals surface area contributed by atoms with Crippen molar-refractivity contribution in [2.24, 2.45) is 5.92 Å². The van der Waals surface area contributed by atoms with Gasteiger partial charge < -0.3 is 24.8 Å². The summed E-state index contributed by atoms with van der Waals surface area (Å²) in [5, 5.41) is 17.5. The summed E-state index contributed by atoms with van der Waals surface area (Å²) in [6, 6.07) is 9.53. The molecule has 1 saturated carbocycles. The maximum absolute atomic E-state index is 13.0. The van der Waals surface area contributed by atoms with Gasteiger partial charge >= 0.3 is 5.97 Å². The Morgan fingerprint density at radius 2 is 1.71 bits per heavy atom. The highest BCUT2D eigenvalue weighted by molar-refractivity contribution is 6.00. The molecular weight excluding hydrogens is 442 g/mol. The van der Waals surface area contributed by atoms with E-state index in [1.54, 1.807) is 24.3 Å². The summed E-state index contributed by atoms with van der Waals surface area (Å²) in [6.45, 7) is 0.200. The molecule has 0 radical (unpaired) electrons. The van der Waals surface area contributed by atoms with E-state index in [1.165, 1.54) is 33.5 Å². The van der Waals surface area contributed by atoms with E-state index in [4.69, 9.17) is 14.2 Å². The third-order valence-electron chi connectivity index (χ3n) is 5.98. The number of benzene rings is 2. The van der Waals surface area contributed by atoms with Gasteiger partial charge in [-0.15, -0.1) is 0 Å². The first-order valence-electron chi connectivity index (χ1n) is 11.0. The molecular formula is C24H29N3O7. The molecule has 0 heterocycles. The molecule has 1 amide bonds. The summed E-state index contributed by atoms with van der Waals surface area (Å²) in [7, 11) is 4.45. The standard InChI is InChI=1S/C24H29N3O7/c1-32-21-11-4-15(12-22(21)33-2)14-25-23(28)19-13-18(27(30)31)9-10-20(19)26-17-7-5-16(6-8-17)24(29)34-3/h4,9-13,16-17,26H,5-8,14H2,1-3H3,(H,25,28)/t16-,17+. The lowest BCUT2D eigenvalue weighted by Gasteiger charge is -2.29. The van der Waals surface area contributed by atoms with E-state index < -0.39 is 10.8 Å². The third kappa shape index (κ3) is 5.94. The number of nitro groups is 1. The Balaban J connectivity index is 1.73. The van der Waals surface area contributed by atoms with Crippen LogP contribution in [-0.2, 0) is 16.1 Å². The SMILES string of the molecule is COc1ccc(CNC(=O)c2cc([N+](=O)[O-])ccc2N[C@H]2CC[C@@H](C(=O)OC)CC2)cc1OC. The van der Waals surface area contributed by atoms with Crippen molar-refractivity contribution in [3.8, 4) is 11.5 Å². The minimum absolute atomic E-state index is 0.0414. The predicted octanol–water partition coefficient (Wildman–Crippen LogP) is 3.69. The number of hydrogen-bond donors (Lipinski definition) is 2.